The van der Waals surface area contributed by atoms with Crippen LogP contribution in [0.3, 0.4) is 0 Å². The molecular formula is C15H18ClN3O3. The fourth-order valence-electron chi connectivity index (χ4n) is 2.11. The maximum atomic E-state index is 12.5. The average Bonchev–Trinajstić information content (AvgIpc) is 2.66. The Morgan fingerprint density at radius 3 is 2.59 bits per heavy atom. The first-order valence-electron chi connectivity index (χ1n) is 6.79. The second-order valence-electron chi connectivity index (χ2n) is 5.01. The van der Waals surface area contributed by atoms with E-state index in [4.69, 9.17) is 16.3 Å². The van der Waals surface area contributed by atoms with Gasteiger partial charge in [0, 0.05) is 33.4 Å². The Labute approximate surface area is 134 Å². The van der Waals surface area contributed by atoms with Crippen LogP contribution < -0.4 is 9.64 Å². The molecule has 0 atom stereocenters. The summed E-state index contributed by atoms with van der Waals surface area (Å²) in [6, 6.07) is 4.40. The van der Waals surface area contributed by atoms with Gasteiger partial charge in [-0.15, -0.1) is 0 Å². The van der Waals surface area contributed by atoms with Crippen molar-refractivity contribution in [2.75, 3.05) is 32.6 Å². The molecule has 0 aliphatic carbocycles. The molecule has 1 aromatic carbocycles. The second-order valence-corrected chi connectivity index (χ2v) is 5.42. The molecule has 1 aliphatic rings. The van der Waals surface area contributed by atoms with Crippen molar-refractivity contribution in [3.05, 3.63) is 35.1 Å². The summed E-state index contributed by atoms with van der Waals surface area (Å²) in [5.74, 6) is 0.0564. The van der Waals surface area contributed by atoms with Crippen molar-refractivity contribution >= 4 is 29.2 Å². The van der Waals surface area contributed by atoms with E-state index in [2.05, 4.69) is 0 Å². The normalized spacial score (nSPS) is 16.7. The molecule has 1 fully saturated rings. The SMILES string of the molecule is CCOc1cc(N2C(=O)C(=CN(C)C)N(C)C2=O)ccc1Cl. The zero-order chi connectivity index (χ0) is 16.4. The lowest BCUT2D eigenvalue weighted by Gasteiger charge is -2.15. The monoisotopic (exact) mass is 323 g/mol. The molecule has 0 radical (unpaired) electrons. The molecule has 1 aliphatic heterocycles. The Kier molecular flexibility index (Phi) is 4.61. The van der Waals surface area contributed by atoms with E-state index in [1.807, 2.05) is 6.92 Å². The van der Waals surface area contributed by atoms with E-state index in [1.165, 1.54) is 4.90 Å². The van der Waals surface area contributed by atoms with E-state index in [0.29, 0.717) is 28.8 Å². The molecule has 3 amide bonds. The predicted octanol–water partition coefficient (Wildman–Crippen LogP) is 2.54. The summed E-state index contributed by atoms with van der Waals surface area (Å²) < 4.78 is 5.41. The highest BCUT2D eigenvalue weighted by Gasteiger charge is 2.40. The molecule has 0 bridgehead atoms. The minimum absolute atomic E-state index is 0.308. The van der Waals surface area contributed by atoms with E-state index in [0.717, 1.165) is 4.90 Å². The first kappa shape index (κ1) is 16.2. The summed E-state index contributed by atoms with van der Waals surface area (Å²) in [6.07, 6.45) is 1.61. The molecule has 0 saturated carbocycles. The molecule has 0 spiro atoms. The minimum atomic E-state index is -0.414. The molecule has 0 unspecified atom stereocenters. The number of ether oxygens (including phenoxy) is 1. The number of hydrogen-bond acceptors (Lipinski definition) is 4. The van der Waals surface area contributed by atoms with Gasteiger partial charge in [0.15, 0.2) is 0 Å². The number of hydrogen-bond donors (Lipinski definition) is 0. The van der Waals surface area contributed by atoms with Gasteiger partial charge in [0.2, 0.25) is 0 Å². The number of nitrogens with zero attached hydrogens (tertiary/aromatic N) is 3. The van der Waals surface area contributed by atoms with Gasteiger partial charge in [-0.05, 0) is 19.1 Å². The Morgan fingerprint density at radius 2 is 2.00 bits per heavy atom. The third-order valence-corrected chi connectivity index (χ3v) is 3.43. The topological polar surface area (TPSA) is 53.1 Å². The summed E-state index contributed by atoms with van der Waals surface area (Å²) in [5, 5.41) is 0.433. The van der Waals surface area contributed by atoms with Crippen LogP contribution in [0.1, 0.15) is 6.92 Å². The van der Waals surface area contributed by atoms with Crippen LogP contribution in [0.4, 0.5) is 10.5 Å². The van der Waals surface area contributed by atoms with Crippen LogP contribution in [0, 0.1) is 0 Å². The molecule has 7 heteroatoms. The predicted molar refractivity (Wildman–Crippen MR) is 85.0 cm³/mol. The number of halogens is 1. The number of urea groups is 1. The number of anilines is 1. The van der Waals surface area contributed by atoms with Crippen molar-refractivity contribution in [1.82, 2.24) is 9.80 Å². The van der Waals surface area contributed by atoms with Gasteiger partial charge in [-0.3, -0.25) is 9.69 Å². The number of rotatable bonds is 4. The summed E-state index contributed by atoms with van der Waals surface area (Å²) in [4.78, 5) is 29.0. The molecule has 0 aromatic heterocycles. The Hall–Kier alpha value is -2.21. The highest BCUT2D eigenvalue weighted by Crippen LogP contribution is 2.33. The van der Waals surface area contributed by atoms with Crippen molar-refractivity contribution in [2.24, 2.45) is 0 Å². The number of likely N-dealkylation sites (N-methyl/N-ethyl adjacent to an activating group) is 1. The summed E-state index contributed by atoms with van der Waals surface area (Å²) in [7, 11) is 5.14. The molecule has 0 N–H and O–H groups in total. The van der Waals surface area contributed by atoms with Crippen LogP contribution in [0.15, 0.2) is 30.1 Å². The van der Waals surface area contributed by atoms with Crippen molar-refractivity contribution < 1.29 is 14.3 Å². The van der Waals surface area contributed by atoms with Gasteiger partial charge in [-0.2, -0.15) is 0 Å². The van der Waals surface area contributed by atoms with Gasteiger partial charge in [0.1, 0.15) is 11.4 Å². The van der Waals surface area contributed by atoms with Crippen LogP contribution in [-0.2, 0) is 4.79 Å². The number of benzene rings is 1. The largest absolute Gasteiger partial charge is 0.492 e. The van der Waals surface area contributed by atoms with Crippen LogP contribution in [0.5, 0.6) is 5.75 Å². The lowest BCUT2D eigenvalue weighted by Crippen LogP contribution is -2.31. The summed E-state index contributed by atoms with van der Waals surface area (Å²) in [5.41, 5.74) is 0.736. The Morgan fingerprint density at radius 1 is 1.32 bits per heavy atom. The molecule has 22 heavy (non-hydrogen) atoms. The van der Waals surface area contributed by atoms with Gasteiger partial charge in [-0.1, -0.05) is 11.6 Å². The van der Waals surface area contributed by atoms with E-state index < -0.39 is 6.03 Å². The first-order valence-corrected chi connectivity index (χ1v) is 7.17. The molecule has 1 heterocycles. The van der Waals surface area contributed by atoms with Gasteiger partial charge < -0.3 is 9.64 Å². The molecule has 6 nitrogen and oxygen atoms in total. The zero-order valence-electron chi connectivity index (χ0n) is 13.0. The van der Waals surface area contributed by atoms with Crippen LogP contribution in [-0.4, -0.2) is 49.5 Å². The second kappa shape index (κ2) is 6.27. The quantitative estimate of drug-likeness (QED) is 0.631. The number of imide groups is 1. The third kappa shape index (κ3) is 2.87. The number of amides is 3. The highest BCUT2D eigenvalue weighted by atomic mass is 35.5. The van der Waals surface area contributed by atoms with Gasteiger partial charge >= 0.3 is 6.03 Å². The molecule has 118 valence electrons. The zero-order valence-corrected chi connectivity index (χ0v) is 13.7. The maximum Gasteiger partial charge on any atom is 0.336 e. The maximum absolute atomic E-state index is 12.5. The molecule has 1 aromatic rings. The average molecular weight is 324 g/mol. The van der Waals surface area contributed by atoms with Gasteiger partial charge in [0.25, 0.3) is 5.91 Å². The Bertz CT molecular complexity index is 643. The summed E-state index contributed by atoms with van der Waals surface area (Å²) >= 11 is 6.04. The van der Waals surface area contributed by atoms with E-state index in [9.17, 15) is 9.59 Å². The fraction of sp³-hybridized carbons (Fsp3) is 0.333. The smallest absolute Gasteiger partial charge is 0.336 e. The minimum Gasteiger partial charge on any atom is -0.492 e. The van der Waals surface area contributed by atoms with Crippen molar-refractivity contribution in [3.63, 3.8) is 0 Å². The van der Waals surface area contributed by atoms with Gasteiger partial charge in [0.05, 0.1) is 17.3 Å². The lowest BCUT2D eigenvalue weighted by molar-refractivity contribution is -0.114. The lowest BCUT2D eigenvalue weighted by atomic mass is 10.2. The van der Waals surface area contributed by atoms with E-state index in [-0.39, 0.29) is 5.91 Å². The van der Waals surface area contributed by atoms with Gasteiger partial charge in [-0.25, -0.2) is 9.69 Å². The van der Waals surface area contributed by atoms with Crippen LogP contribution >= 0.6 is 11.6 Å². The van der Waals surface area contributed by atoms with Crippen molar-refractivity contribution in [1.29, 1.82) is 0 Å². The van der Waals surface area contributed by atoms with E-state index in [1.54, 1.807) is 50.4 Å². The molecular weight excluding hydrogens is 306 g/mol. The van der Waals surface area contributed by atoms with Crippen LogP contribution in [0.25, 0.3) is 0 Å². The third-order valence-electron chi connectivity index (χ3n) is 3.12. The highest BCUT2D eigenvalue weighted by molar-refractivity contribution is 6.32. The number of carbonyl (C=O) groups is 2. The van der Waals surface area contributed by atoms with E-state index >= 15 is 0 Å². The first-order chi connectivity index (χ1) is 10.4. The van der Waals surface area contributed by atoms with Crippen molar-refractivity contribution in [2.45, 2.75) is 6.92 Å². The standard InChI is InChI=1S/C15H18ClN3O3/c1-5-22-13-8-10(6-7-11(13)16)19-14(20)12(9-17(2)3)18(4)15(19)21/h6-9H,5H2,1-4H3. The molecule has 2 rings (SSSR count). The Balaban J connectivity index is 2.43. The fourth-order valence-corrected chi connectivity index (χ4v) is 2.28. The van der Waals surface area contributed by atoms with Crippen LogP contribution in [0.2, 0.25) is 5.02 Å². The summed E-state index contributed by atoms with van der Waals surface area (Å²) in [6.45, 7) is 2.28. The van der Waals surface area contributed by atoms with Crippen molar-refractivity contribution in [3.8, 4) is 5.75 Å². The number of carbonyl (C=O) groups excluding carboxylic acids is 2. The molecule has 1 saturated heterocycles.